The maximum Gasteiger partial charge on any atom is 0.219 e. The molecule has 4 rings (SSSR count). The highest BCUT2D eigenvalue weighted by molar-refractivity contribution is 7.90. The van der Waals surface area contributed by atoms with Gasteiger partial charge >= 0.3 is 0 Å². The maximum atomic E-state index is 12.9. The van der Waals surface area contributed by atoms with Crippen LogP contribution in [0, 0.1) is 0 Å². The van der Waals surface area contributed by atoms with Crippen LogP contribution in [-0.2, 0) is 21.4 Å². The lowest BCUT2D eigenvalue weighted by Crippen LogP contribution is -2.39. The third-order valence-electron chi connectivity index (χ3n) is 4.79. The normalized spacial score (nSPS) is 20.0. The molecule has 0 aliphatic carbocycles. The molecule has 0 spiro atoms. The van der Waals surface area contributed by atoms with Crippen LogP contribution in [-0.4, -0.2) is 32.4 Å². The Morgan fingerprint density at radius 2 is 1.86 bits per heavy atom. The Morgan fingerprint density at radius 1 is 1.07 bits per heavy atom. The molecular formula is C21H22N2O5S. The van der Waals surface area contributed by atoms with Crippen LogP contribution >= 0.6 is 0 Å². The Balaban J connectivity index is 1.55. The summed E-state index contributed by atoms with van der Waals surface area (Å²) in [5.41, 5.74) is 0.798. The average molecular weight is 414 g/mol. The Labute approximate surface area is 169 Å². The number of hydrogen-bond acceptors (Lipinski definition) is 6. The van der Waals surface area contributed by atoms with Crippen molar-refractivity contribution in [3.05, 3.63) is 84.3 Å². The van der Waals surface area contributed by atoms with Gasteiger partial charge < -0.3 is 9.15 Å². The number of para-hydroxylation sites is 1. The molecule has 152 valence electrons. The van der Waals surface area contributed by atoms with Crippen molar-refractivity contribution in [2.24, 2.45) is 0 Å². The van der Waals surface area contributed by atoms with E-state index in [0.717, 1.165) is 5.56 Å². The molecule has 0 radical (unpaired) electrons. The minimum atomic E-state index is -3.66. The lowest BCUT2D eigenvalue weighted by Gasteiger charge is -2.23. The first kappa shape index (κ1) is 19.7. The van der Waals surface area contributed by atoms with Gasteiger partial charge in [-0.05, 0) is 42.0 Å². The number of benzene rings is 2. The summed E-state index contributed by atoms with van der Waals surface area (Å²) < 4.78 is 39.6. The van der Waals surface area contributed by atoms with Crippen molar-refractivity contribution in [3.8, 4) is 11.5 Å². The van der Waals surface area contributed by atoms with Gasteiger partial charge in [-0.2, -0.15) is 5.06 Å². The molecule has 0 amide bonds. The predicted molar refractivity (Wildman–Crippen MR) is 108 cm³/mol. The van der Waals surface area contributed by atoms with E-state index < -0.39 is 21.3 Å². The Hall–Kier alpha value is -2.65. The van der Waals surface area contributed by atoms with Crippen molar-refractivity contribution < 1.29 is 22.4 Å². The second kappa shape index (κ2) is 8.38. The number of nitrogens with zero attached hydrogens (tertiary/aromatic N) is 1. The first-order valence-corrected chi connectivity index (χ1v) is 10.8. The van der Waals surface area contributed by atoms with E-state index in [9.17, 15) is 8.42 Å². The molecule has 2 heterocycles. The number of furan rings is 1. The average Bonchev–Trinajstić information content (AvgIpc) is 3.37. The number of sulfonamides is 1. The van der Waals surface area contributed by atoms with E-state index in [0.29, 0.717) is 17.3 Å². The third-order valence-corrected chi connectivity index (χ3v) is 6.53. The van der Waals surface area contributed by atoms with E-state index in [2.05, 4.69) is 4.72 Å². The van der Waals surface area contributed by atoms with Crippen molar-refractivity contribution in [1.29, 1.82) is 0 Å². The number of ether oxygens (including phenoxy) is 1. The van der Waals surface area contributed by atoms with E-state index in [-0.39, 0.29) is 13.2 Å². The number of hydrogen-bond donors (Lipinski definition) is 1. The van der Waals surface area contributed by atoms with Gasteiger partial charge in [0, 0.05) is 7.05 Å². The molecule has 1 aromatic heterocycles. The Bertz CT molecular complexity index is 1040. The molecule has 1 saturated heterocycles. The van der Waals surface area contributed by atoms with Crippen LogP contribution in [0.2, 0.25) is 0 Å². The lowest BCUT2D eigenvalue weighted by molar-refractivity contribution is -0.110. The van der Waals surface area contributed by atoms with Crippen molar-refractivity contribution in [2.45, 2.75) is 17.8 Å². The van der Waals surface area contributed by atoms with Gasteiger partial charge in [0.2, 0.25) is 10.0 Å². The molecular weight excluding hydrogens is 392 g/mol. The van der Waals surface area contributed by atoms with Crippen molar-refractivity contribution in [1.82, 2.24) is 9.79 Å². The Kier molecular flexibility index (Phi) is 5.68. The standard InChI is InChI=1S/C21H22N2O5S/c1-23-21(16-7-5-10-18(13-16)28-17-8-3-2-4-9-17)20(15-27-23)29(24,25)22-14-19-11-6-12-26-19/h2-13,20-22H,14-15H2,1H3. The van der Waals surface area contributed by atoms with E-state index in [4.69, 9.17) is 14.0 Å². The molecule has 29 heavy (non-hydrogen) atoms. The number of nitrogens with one attached hydrogen (secondary N) is 1. The van der Waals surface area contributed by atoms with Gasteiger partial charge in [0.15, 0.2) is 0 Å². The zero-order chi connectivity index (χ0) is 20.3. The zero-order valence-corrected chi connectivity index (χ0v) is 16.7. The van der Waals surface area contributed by atoms with Gasteiger partial charge in [-0.25, -0.2) is 13.1 Å². The molecule has 2 atom stereocenters. The number of rotatable bonds is 7. The highest BCUT2D eigenvalue weighted by Gasteiger charge is 2.43. The highest BCUT2D eigenvalue weighted by Crippen LogP contribution is 2.35. The van der Waals surface area contributed by atoms with Gasteiger partial charge in [-0.1, -0.05) is 30.3 Å². The number of hydroxylamine groups is 2. The molecule has 1 aliphatic heterocycles. The fourth-order valence-electron chi connectivity index (χ4n) is 3.36. The van der Waals surface area contributed by atoms with E-state index >= 15 is 0 Å². The molecule has 0 bridgehead atoms. The van der Waals surface area contributed by atoms with Crippen LogP contribution in [0.4, 0.5) is 0 Å². The summed E-state index contributed by atoms with van der Waals surface area (Å²) in [6.07, 6.45) is 1.51. The van der Waals surface area contributed by atoms with E-state index in [1.807, 2.05) is 54.6 Å². The topological polar surface area (TPSA) is 81.0 Å². The fourth-order valence-corrected chi connectivity index (χ4v) is 4.82. The first-order valence-electron chi connectivity index (χ1n) is 9.22. The monoisotopic (exact) mass is 414 g/mol. The van der Waals surface area contributed by atoms with Crippen molar-refractivity contribution in [2.75, 3.05) is 13.7 Å². The van der Waals surface area contributed by atoms with Crippen LogP contribution in [0.25, 0.3) is 0 Å². The van der Waals surface area contributed by atoms with E-state index in [1.165, 1.54) is 6.26 Å². The van der Waals surface area contributed by atoms with Crippen molar-refractivity contribution >= 4 is 10.0 Å². The summed E-state index contributed by atoms with van der Waals surface area (Å²) in [6.45, 7) is 0.165. The lowest BCUT2D eigenvalue weighted by atomic mass is 10.0. The summed E-state index contributed by atoms with van der Waals surface area (Å²) in [5, 5.41) is 0.813. The summed E-state index contributed by atoms with van der Waals surface area (Å²) >= 11 is 0. The summed E-state index contributed by atoms with van der Waals surface area (Å²) in [6, 6.07) is 19.8. The summed E-state index contributed by atoms with van der Waals surface area (Å²) in [5.74, 6) is 1.90. The molecule has 1 aliphatic rings. The molecule has 2 unspecified atom stereocenters. The maximum absolute atomic E-state index is 12.9. The second-order valence-corrected chi connectivity index (χ2v) is 8.74. The quantitative estimate of drug-likeness (QED) is 0.638. The SMILES string of the molecule is CN1OCC(S(=O)(=O)NCc2ccco2)C1c1cccc(Oc2ccccc2)c1. The van der Waals surface area contributed by atoms with Gasteiger partial charge in [0.05, 0.1) is 25.5 Å². The molecule has 1 N–H and O–H groups in total. The van der Waals surface area contributed by atoms with Gasteiger partial charge in [-0.3, -0.25) is 4.84 Å². The van der Waals surface area contributed by atoms with Crippen LogP contribution in [0.15, 0.2) is 77.4 Å². The van der Waals surface area contributed by atoms with Gasteiger partial charge in [0.1, 0.15) is 22.5 Å². The summed E-state index contributed by atoms with van der Waals surface area (Å²) in [7, 11) is -1.92. The molecule has 7 nitrogen and oxygen atoms in total. The minimum Gasteiger partial charge on any atom is -0.468 e. The molecule has 1 fully saturated rings. The predicted octanol–water partition coefficient (Wildman–Crippen LogP) is 3.48. The van der Waals surface area contributed by atoms with Crippen LogP contribution in [0.1, 0.15) is 17.4 Å². The largest absolute Gasteiger partial charge is 0.468 e. The van der Waals surface area contributed by atoms with Crippen LogP contribution in [0.5, 0.6) is 11.5 Å². The molecule has 8 heteroatoms. The minimum absolute atomic E-state index is 0.0679. The van der Waals surface area contributed by atoms with Crippen molar-refractivity contribution in [3.63, 3.8) is 0 Å². The smallest absolute Gasteiger partial charge is 0.219 e. The second-order valence-electron chi connectivity index (χ2n) is 6.76. The van der Waals surface area contributed by atoms with Crippen LogP contribution in [0.3, 0.4) is 0 Å². The summed E-state index contributed by atoms with van der Waals surface area (Å²) in [4.78, 5) is 5.56. The van der Waals surface area contributed by atoms with Gasteiger partial charge in [-0.15, -0.1) is 0 Å². The molecule has 3 aromatic rings. The zero-order valence-electron chi connectivity index (χ0n) is 15.9. The Morgan fingerprint density at radius 3 is 2.62 bits per heavy atom. The van der Waals surface area contributed by atoms with Crippen LogP contribution < -0.4 is 9.46 Å². The first-order chi connectivity index (χ1) is 14.0. The fraction of sp³-hybridized carbons (Fsp3) is 0.238. The molecule has 0 saturated carbocycles. The molecule has 2 aromatic carbocycles. The third kappa shape index (κ3) is 4.51. The van der Waals surface area contributed by atoms with Gasteiger partial charge in [0.25, 0.3) is 0 Å². The van der Waals surface area contributed by atoms with E-state index in [1.54, 1.807) is 24.2 Å². The highest BCUT2D eigenvalue weighted by atomic mass is 32.2.